The fourth-order valence-corrected chi connectivity index (χ4v) is 4.00. The van der Waals surface area contributed by atoms with Crippen molar-refractivity contribution < 1.29 is 14.3 Å². The monoisotopic (exact) mass is 362 g/mol. The maximum atomic E-state index is 12.3. The molecule has 0 aliphatic heterocycles. The van der Waals surface area contributed by atoms with Crippen LogP contribution in [0.5, 0.6) is 5.75 Å². The lowest BCUT2D eigenvalue weighted by atomic mass is 10.0. The van der Waals surface area contributed by atoms with E-state index in [1.165, 1.54) is 23.1 Å². The summed E-state index contributed by atoms with van der Waals surface area (Å²) in [4.78, 5) is 12.7. The minimum Gasteiger partial charge on any atom is -0.492 e. The Kier molecular flexibility index (Phi) is 6.67. The Hall–Kier alpha value is -2.01. The van der Waals surface area contributed by atoms with E-state index in [0.29, 0.717) is 41.5 Å². The first-order chi connectivity index (χ1) is 11.7. The second-order valence-electron chi connectivity index (χ2n) is 4.67. The first kappa shape index (κ1) is 18.3. The van der Waals surface area contributed by atoms with Crippen molar-refractivity contribution in [2.24, 2.45) is 5.73 Å². The molecule has 2 aromatic rings. The molecule has 0 aliphatic rings. The number of carbonyl (C=O) groups excluding carboxylic acids is 1. The number of ether oxygens (including phenoxy) is 2. The Morgan fingerprint density at radius 1 is 1.38 bits per heavy atom. The summed E-state index contributed by atoms with van der Waals surface area (Å²) in [6.07, 6.45) is 1.88. The Morgan fingerprint density at radius 3 is 2.62 bits per heavy atom. The van der Waals surface area contributed by atoms with Gasteiger partial charge in [0.15, 0.2) is 0 Å². The Balaban J connectivity index is 2.49. The SMILES string of the molecule is CCOC(=O)c1sc(SC)c(C#N)c1-c1ccc(OCCN)cc1. The van der Waals surface area contributed by atoms with E-state index in [-0.39, 0.29) is 0 Å². The maximum Gasteiger partial charge on any atom is 0.349 e. The minimum atomic E-state index is -0.405. The van der Waals surface area contributed by atoms with E-state index >= 15 is 0 Å². The van der Waals surface area contributed by atoms with Crippen molar-refractivity contribution in [2.75, 3.05) is 26.0 Å². The number of nitrogens with zero attached hydrogens (tertiary/aromatic N) is 1. The third-order valence-electron chi connectivity index (χ3n) is 3.16. The summed E-state index contributed by atoms with van der Waals surface area (Å²) in [5.41, 5.74) is 7.33. The predicted molar refractivity (Wildman–Crippen MR) is 96.8 cm³/mol. The highest BCUT2D eigenvalue weighted by Crippen LogP contribution is 2.41. The molecule has 2 N–H and O–H groups in total. The molecule has 0 unspecified atom stereocenters. The summed E-state index contributed by atoms with van der Waals surface area (Å²) in [5.74, 6) is 0.290. The number of nitriles is 1. The van der Waals surface area contributed by atoms with Crippen LogP contribution in [-0.2, 0) is 4.74 Å². The van der Waals surface area contributed by atoms with Crippen LogP contribution < -0.4 is 10.5 Å². The van der Waals surface area contributed by atoms with Crippen LogP contribution in [0.2, 0.25) is 0 Å². The number of esters is 1. The normalized spacial score (nSPS) is 10.2. The number of hydrogen-bond donors (Lipinski definition) is 1. The maximum absolute atomic E-state index is 12.3. The molecule has 0 saturated heterocycles. The molecule has 0 radical (unpaired) electrons. The van der Waals surface area contributed by atoms with Crippen LogP contribution in [0.3, 0.4) is 0 Å². The molecule has 2 rings (SSSR count). The van der Waals surface area contributed by atoms with E-state index < -0.39 is 5.97 Å². The molecule has 0 saturated carbocycles. The lowest BCUT2D eigenvalue weighted by Crippen LogP contribution is -2.10. The van der Waals surface area contributed by atoms with Crippen molar-refractivity contribution >= 4 is 29.1 Å². The van der Waals surface area contributed by atoms with Gasteiger partial charge < -0.3 is 15.2 Å². The molecular formula is C17H18N2O3S2. The van der Waals surface area contributed by atoms with Gasteiger partial charge in [0.05, 0.1) is 16.4 Å². The zero-order valence-corrected chi connectivity index (χ0v) is 15.1. The number of rotatable bonds is 7. The van der Waals surface area contributed by atoms with Crippen molar-refractivity contribution in [1.82, 2.24) is 0 Å². The van der Waals surface area contributed by atoms with Crippen LogP contribution in [0.25, 0.3) is 11.1 Å². The molecule has 1 aromatic carbocycles. The summed E-state index contributed by atoms with van der Waals surface area (Å²) >= 11 is 2.74. The molecule has 0 amide bonds. The molecule has 0 spiro atoms. The zero-order chi connectivity index (χ0) is 17.5. The molecule has 0 aliphatic carbocycles. The van der Waals surface area contributed by atoms with Gasteiger partial charge in [-0.25, -0.2) is 4.79 Å². The van der Waals surface area contributed by atoms with Gasteiger partial charge in [-0.1, -0.05) is 12.1 Å². The number of nitrogens with two attached hydrogens (primary N) is 1. The van der Waals surface area contributed by atoms with E-state index in [1.54, 1.807) is 19.1 Å². The summed E-state index contributed by atoms with van der Waals surface area (Å²) in [6.45, 7) is 2.93. The second-order valence-corrected chi connectivity index (χ2v) is 6.76. The van der Waals surface area contributed by atoms with Gasteiger partial charge in [0.1, 0.15) is 23.3 Å². The van der Waals surface area contributed by atoms with Gasteiger partial charge in [-0.05, 0) is 30.9 Å². The molecule has 7 heteroatoms. The Morgan fingerprint density at radius 2 is 2.08 bits per heavy atom. The lowest BCUT2D eigenvalue weighted by Gasteiger charge is -2.07. The highest BCUT2D eigenvalue weighted by molar-refractivity contribution is 8.00. The summed E-state index contributed by atoms with van der Waals surface area (Å²) in [5, 5.41) is 9.54. The molecule has 24 heavy (non-hydrogen) atoms. The third-order valence-corrected chi connectivity index (χ3v) is 5.45. The lowest BCUT2D eigenvalue weighted by molar-refractivity contribution is 0.0533. The van der Waals surface area contributed by atoms with Gasteiger partial charge in [0.2, 0.25) is 0 Å². The topological polar surface area (TPSA) is 85.3 Å². The average molecular weight is 362 g/mol. The number of carbonyl (C=O) groups is 1. The second kappa shape index (κ2) is 8.73. The van der Waals surface area contributed by atoms with Crippen LogP contribution in [0.15, 0.2) is 28.5 Å². The highest BCUT2D eigenvalue weighted by Gasteiger charge is 2.24. The van der Waals surface area contributed by atoms with Gasteiger partial charge in [0.25, 0.3) is 0 Å². The molecular weight excluding hydrogens is 344 g/mol. The molecule has 126 valence electrons. The predicted octanol–water partition coefficient (Wildman–Crippen LogP) is 3.52. The van der Waals surface area contributed by atoms with Crippen LogP contribution in [0.4, 0.5) is 0 Å². The average Bonchev–Trinajstić information content (AvgIpc) is 2.99. The smallest absolute Gasteiger partial charge is 0.349 e. The van der Waals surface area contributed by atoms with Crippen LogP contribution in [-0.4, -0.2) is 32.0 Å². The molecule has 1 aromatic heterocycles. The standard InChI is InChI=1S/C17H18N2O3S2/c1-3-21-16(20)15-14(13(10-19)17(23-2)24-15)11-4-6-12(7-5-11)22-9-8-18/h4-7H,3,8-9,18H2,1-2H3. The Bertz CT molecular complexity index is 748. The summed E-state index contributed by atoms with van der Waals surface area (Å²) in [7, 11) is 0. The molecule has 1 heterocycles. The van der Waals surface area contributed by atoms with Crippen LogP contribution >= 0.6 is 23.1 Å². The van der Waals surface area contributed by atoms with E-state index in [0.717, 1.165) is 9.77 Å². The number of benzene rings is 1. The third kappa shape index (κ3) is 3.90. The van der Waals surface area contributed by atoms with Gasteiger partial charge in [-0.3, -0.25) is 0 Å². The summed E-state index contributed by atoms with van der Waals surface area (Å²) in [6, 6.07) is 9.49. The van der Waals surface area contributed by atoms with Crippen LogP contribution in [0, 0.1) is 11.3 Å². The first-order valence-corrected chi connectivity index (χ1v) is 9.41. The number of hydrogen-bond acceptors (Lipinski definition) is 7. The van der Waals surface area contributed by atoms with Gasteiger partial charge in [-0.15, -0.1) is 23.1 Å². The number of thiophene rings is 1. The highest BCUT2D eigenvalue weighted by atomic mass is 32.2. The van der Waals surface area contributed by atoms with Gasteiger partial charge in [0, 0.05) is 12.1 Å². The fourth-order valence-electron chi connectivity index (χ4n) is 2.17. The van der Waals surface area contributed by atoms with E-state index in [4.69, 9.17) is 15.2 Å². The van der Waals surface area contributed by atoms with Gasteiger partial charge >= 0.3 is 5.97 Å². The summed E-state index contributed by atoms with van der Waals surface area (Å²) < 4.78 is 11.4. The van der Waals surface area contributed by atoms with E-state index in [2.05, 4.69) is 6.07 Å². The van der Waals surface area contributed by atoms with Crippen molar-refractivity contribution in [1.29, 1.82) is 5.26 Å². The zero-order valence-electron chi connectivity index (χ0n) is 13.5. The van der Waals surface area contributed by atoms with Crippen molar-refractivity contribution in [2.45, 2.75) is 11.1 Å². The van der Waals surface area contributed by atoms with E-state index in [9.17, 15) is 10.1 Å². The van der Waals surface area contributed by atoms with Crippen molar-refractivity contribution in [3.8, 4) is 22.9 Å². The molecule has 0 atom stereocenters. The fraction of sp³-hybridized carbons (Fsp3) is 0.294. The quantitative estimate of drug-likeness (QED) is 0.599. The Labute approximate surface area is 149 Å². The largest absolute Gasteiger partial charge is 0.492 e. The van der Waals surface area contributed by atoms with E-state index in [1.807, 2.05) is 18.4 Å². The first-order valence-electron chi connectivity index (χ1n) is 7.37. The molecule has 0 bridgehead atoms. The van der Waals surface area contributed by atoms with Crippen molar-refractivity contribution in [3.63, 3.8) is 0 Å². The van der Waals surface area contributed by atoms with Crippen LogP contribution in [0.1, 0.15) is 22.2 Å². The molecule has 5 nitrogen and oxygen atoms in total. The minimum absolute atomic E-state index is 0.290. The molecule has 0 fully saturated rings. The van der Waals surface area contributed by atoms with Gasteiger partial charge in [-0.2, -0.15) is 5.26 Å². The van der Waals surface area contributed by atoms with Crippen molar-refractivity contribution in [3.05, 3.63) is 34.7 Å². The number of thioether (sulfide) groups is 1.